The zero-order valence-electron chi connectivity index (χ0n) is 4.09. The van der Waals surface area contributed by atoms with Crippen molar-refractivity contribution >= 4 is 6.29 Å². The van der Waals surface area contributed by atoms with E-state index >= 15 is 0 Å². The van der Waals surface area contributed by atoms with E-state index in [2.05, 4.69) is 0 Å². The molecule has 0 spiro atoms. The molecule has 0 radical (unpaired) electrons. The van der Waals surface area contributed by atoms with Gasteiger partial charge >= 0.3 is 0 Å². The van der Waals surface area contributed by atoms with Gasteiger partial charge in [0, 0.05) is 0 Å². The Morgan fingerprint density at radius 1 is 2.17 bits per heavy atom. The van der Waals surface area contributed by atoms with Crippen molar-refractivity contribution in [2.24, 2.45) is 0 Å². The molecule has 2 N–H and O–H groups in total. The predicted octanol–water partition coefficient (Wildman–Crippen LogP) is -1.46. The van der Waals surface area contributed by atoms with Crippen molar-refractivity contribution in [3.8, 4) is 0 Å². The maximum absolute atomic E-state index is 9.46. The largest absolute Gasteiger partial charge is 0.393 e. The van der Waals surface area contributed by atoms with Gasteiger partial charge in [0.2, 0.25) is 0 Å². The second kappa shape index (κ2) is 2.81. The van der Waals surface area contributed by atoms with Gasteiger partial charge in [-0.25, -0.2) is 0 Å². The summed E-state index contributed by atoms with van der Waals surface area (Å²) in [7, 11) is 0. The molecule has 3 nitrogen and oxygen atoms in total. The molecular formula is C3H6O3. The summed E-state index contributed by atoms with van der Waals surface area (Å²) in [6.45, 7) is -0.851. The van der Waals surface area contributed by atoms with Crippen molar-refractivity contribution in [1.82, 2.24) is 0 Å². The van der Waals surface area contributed by atoms with E-state index in [1.807, 2.05) is 0 Å². The van der Waals surface area contributed by atoms with Crippen LogP contribution in [0.4, 0.5) is 0 Å². The molecule has 6 heavy (non-hydrogen) atoms. The molecule has 0 aromatic rings. The lowest BCUT2D eigenvalue weighted by molar-refractivity contribution is -0.116. The number of carbonyl (C=O) groups excluding carboxylic acids is 1. The fourth-order valence-electron chi connectivity index (χ4n) is 0.0373. The van der Waals surface area contributed by atoms with Crippen LogP contribution in [0.5, 0.6) is 0 Å². The molecule has 3 heteroatoms. The molecule has 0 saturated carbocycles. The second-order valence-corrected chi connectivity index (χ2v) is 0.767. The lowest BCUT2D eigenvalue weighted by atomic mass is 10.4. The minimum absolute atomic E-state index is 0.0347. The highest BCUT2D eigenvalue weighted by molar-refractivity contribution is 5.55. The highest BCUT2D eigenvalue weighted by atomic mass is 16.3. The number of carbonyl (C=O) groups is 1. The fraction of sp³-hybridized carbons (Fsp3) is 0.667. The van der Waals surface area contributed by atoms with Crippen LogP contribution in [0.25, 0.3) is 0 Å². The fourth-order valence-corrected chi connectivity index (χ4v) is 0.0373. The molecular weight excluding hydrogens is 84.0 g/mol. The third-order valence-electron chi connectivity index (χ3n) is 0.298. The van der Waals surface area contributed by atoms with Crippen LogP contribution < -0.4 is 0 Å². The number of hydrogen-bond donors (Lipinski definition) is 2. The first-order valence-corrected chi connectivity index (χ1v) is 1.42. The molecule has 0 saturated heterocycles. The van der Waals surface area contributed by atoms with E-state index in [0.717, 1.165) is 0 Å². The van der Waals surface area contributed by atoms with E-state index in [-0.39, 0.29) is 6.29 Å². The molecule has 0 fully saturated rings. The summed E-state index contributed by atoms with van der Waals surface area (Å²) in [6, 6.07) is 0. The van der Waals surface area contributed by atoms with Crippen LogP contribution in [0.1, 0.15) is 1.37 Å². The lowest BCUT2D eigenvalue weighted by Crippen LogP contribution is -2.12. The molecule has 0 aromatic heterocycles. The summed E-state index contributed by atoms with van der Waals surface area (Å²) in [5.41, 5.74) is 0. The van der Waals surface area contributed by atoms with Crippen molar-refractivity contribution in [2.45, 2.75) is 6.08 Å². The van der Waals surface area contributed by atoms with Gasteiger partial charge in [-0.05, 0) is 0 Å². The summed E-state index contributed by atoms with van der Waals surface area (Å²) in [5, 5.41) is 16.1. The smallest absolute Gasteiger partial charge is 0.150 e. The van der Waals surface area contributed by atoms with Crippen LogP contribution in [0.15, 0.2) is 0 Å². The van der Waals surface area contributed by atoms with E-state index in [4.69, 9.17) is 11.6 Å². The number of aliphatic hydroxyl groups excluding tert-OH is 1. The number of aldehydes is 1. The zero-order chi connectivity index (χ0) is 5.91. The molecule has 0 bridgehead atoms. The minimum atomic E-state index is -2.29. The van der Waals surface area contributed by atoms with Gasteiger partial charge in [0.15, 0.2) is 6.29 Å². The van der Waals surface area contributed by atoms with Gasteiger partial charge in [-0.15, -0.1) is 0 Å². The van der Waals surface area contributed by atoms with Gasteiger partial charge in [0.1, 0.15) is 6.08 Å². The Morgan fingerprint density at radius 2 is 2.67 bits per heavy atom. The molecule has 36 valence electrons. The first kappa shape index (κ1) is 3.77. The van der Waals surface area contributed by atoms with Crippen LogP contribution in [-0.2, 0) is 4.79 Å². The lowest BCUT2D eigenvalue weighted by Gasteiger charge is -1.89. The zero-order valence-corrected chi connectivity index (χ0v) is 3.09. The normalized spacial score (nSPS) is 21.3. The second-order valence-electron chi connectivity index (χ2n) is 0.767. The maximum atomic E-state index is 9.46. The van der Waals surface area contributed by atoms with Crippen molar-refractivity contribution in [2.75, 3.05) is 6.61 Å². The summed E-state index contributed by atoms with van der Waals surface area (Å²) < 4.78 is 6.36. The molecule has 0 amide bonds. The van der Waals surface area contributed by atoms with E-state index in [9.17, 15) is 4.79 Å². The SMILES string of the molecule is [2H][C@](O)(C=O)CO. The van der Waals surface area contributed by atoms with Gasteiger partial charge in [-0.3, -0.25) is 0 Å². The van der Waals surface area contributed by atoms with Gasteiger partial charge in [-0.2, -0.15) is 0 Å². The van der Waals surface area contributed by atoms with E-state index in [1.54, 1.807) is 0 Å². The molecule has 0 aliphatic carbocycles. The van der Waals surface area contributed by atoms with Crippen molar-refractivity contribution in [1.29, 1.82) is 0 Å². The Kier molecular flexibility index (Phi) is 1.76. The highest BCUT2D eigenvalue weighted by Crippen LogP contribution is 1.66. The Hall–Kier alpha value is -0.410. The minimum Gasteiger partial charge on any atom is -0.393 e. The Morgan fingerprint density at radius 3 is 2.67 bits per heavy atom. The highest BCUT2D eigenvalue weighted by Gasteiger charge is 1.92. The van der Waals surface area contributed by atoms with Crippen LogP contribution in [0.3, 0.4) is 0 Å². The predicted molar refractivity (Wildman–Crippen MR) is 19.2 cm³/mol. The first-order chi connectivity index (χ1) is 3.12. The summed E-state index contributed by atoms with van der Waals surface area (Å²) in [6.07, 6.45) is -2.33. The monoisotopic (exact) mass is 91.0 g/mol. The Bertz CT molecular complexity index is 70.6. The third kappa shape index (κ3) is 1.87. The van der Waals surface area contributed by atoms with Gasteiger partial charge in [0.25, 0.3) is 0 Å². The molecule has 0 aromatic carbocycles. The summed E-state index contributed by atoms with van der Waals surface area (Å²) in [5.74, 6) is 0. The topological polar surface area (TPSA) is 57.5 Å². The van der Waals surface area contributed by atoms with E-state index in [0.29, 0.717) is 0 Å². The molecule has 0 heterocycles. The van der Waals surface area contributed by atoms with Crippen LogP contribution in [0, 0.1) is 0 Å². The average Bonchev–Trinajstić information content (AvgIpc) is 1.68. The molecule has 0 aliphatic heterocycles. The molecule has 0 unspecified atom stereocenters. The van der Waals surface area contributed by atoms with Gasteiger partial charge in [-0.1, -0.05) is 0 Å². The number of rotatable bonds is 2. The molecule has 1 atom stereocenters. The van der Waals surface area contributed by atoms with Crippen molar-refractivity contribution < 1.29 is 16.4 Å². The number of aliphatic hydroxyl groups is 2. The average molecular weight is 91.1 g/mol. The molecule has 0 aliphatic rings. The number of hydrogen-bond acceptors (Lipinski definition) is 3. The quantitative estimate of drug-likeness (QED) is 0.408. The standard InChI is InChI=1S/C3H6O3/c4-1-3(6)2-5/h1,3,5-6H,2H2/t3-/m0/s1/i3D. The van der Waals surface area contributed by atoms with Gasteiger partial charge < -0.3 is 15.0 Å². The van der Waals surface area contributed by atoms with Crippen molar-refractivity contribution in [3.05, 3.63) is 0 Å². The summed E-state index contributed by atoms with van der Waals surface area (Å²) in [4.78, 5) is 9.46. The third-order valence-corrected chi connectivity index (χ3v) is 0.298. The summed E-state index contributed by atoms with van der Waals surface area (Å²) >= 11 is 0. The maximum Gasteiger partial charge on any atom is 0.150 e. The molecule has 0 rings (SSSR count). The van der Waals surface area contributed by atoms with Crippen LogP contribution in [0.2, 0.25) is 0 Å². The van der Waals surface area contributed by atoms with Crippen molar-refractivity contribution in [3.63, 3.8) is 0 Å². The Balaban J connectivity index is 3.58. The van der Waals surface area contributed by atoms with E-state index in [1.165, 1.54) is 0 Å². The first-order valence-electron chi connectivity index (χ1n) is 1.92. The Labute approximate surface area is 36.6 Å². The van der Waals surface area contributed by atoms with Gasteiger partial charge in [0.05, 0.1) is 7.98 Å². The van der Waals surface area contributed by atoms with Crippen LogP contribution in [-0.4, -0.2) is 29.2 Å². The van der Waals surface area contributed by atoms with E-state index < -0.39 is 12.7 Å². The van der Waals surface area contributed by atoms with Crippen LogP contribution >= 0.6 is 0 Å².